The summed E-state index contributed by atoms with van der Waals surface area (Å²) < 4.78 is 0. The molecule has 5 aromatic carbocycles. The topological polar surface area (TPSA) is 20.2 Å². The average molecular weight is 294 g/mol. The zero-order valence-electron chi connectivity index (χ0n) is 12.5. The van der Waals surface area contributed by atoms with Crippen LogP contribution in [0.4, 0.5) is 0 Å². The van der Waals surface area contributed by atoms with Crippen molar-refractivity contribution < 1.29 is 5.11 Å². The summed E-state index contributed by atoms with van der Waals surface area (Å²) in [5, 5.41) is 19.6. The van der Waals surface area contributed by atoms with E-state index >= 15 is 0 Å². The molecule has 1 heteroatoms. The predicted octanol–water partition coefficient (Wildman–Crippen LogP) is 6.01. The predicted molar refractivity (Wildman–Crippen MR) is 98.1 cm³/mol. The van der Waals surface area contributed by atoms with Crippen LogP contribution >= 0.6 is 0 Å². The average Bonchev–Trinajstić information content (AvgIpc) is 2.60. The van der Waals surface area contributed by atoms with Crippen LogP contribution in [0.1, 0.15) is 0 Å². The first-order valence-electron chi connectivity index (χ1n) is 7.77. The van der Waals surface area contributed by atoms with E-state index in [1.54, 1.807) is 6.07 Å². The van der Waals surface area contributed by atoms with Crippen molar-refractivity contribution in [2.24, 2.45) is 0 Å². The Hall–Kier alpha value is -3.06. The third-order valence-electron chi connectivity index (χ3n) is 4.69. The Balaban J connectivity index is 2.17. The number of aromatic hydroxyl groups is 1. The third kappa shape index (κ3) is 1.74. The molecular weight excluding hydrogens is 280 g/mol. The molecule has 5 rings (SSSR count). The SMILES string of the molecule is Oc1ccc2ccc3ccc4ccc5ccccc5c4c3c2c1. The summed E-state index contributed by atoms with van der Waals surface area (Å²) in [6.45, 7) is 0. The number of hydrogen-bond acceptors (Lipinski definition) is 1. The minimum absolute atomic E-state index is 0.308. The van der Waals surface area contributed by atoms with Gasteiger partial charge in [-0.3, -0.25) is 0 Å². The minimum atomic E-state index is 0.308. The molecule has 23 heavy (non-hydrogen) atoms. The summed E-state index contributed by atoms with van der Waals surface area (Å²) in [4.78, 5) is 0. The van der Waals surface area contributed by atoms with Gasteiger partial charge in [-0.25, -0.2) is 0 Å². The van der Waals surface area contributed by atoms with Crippen molar-refractivity contribution in [3.05, 3.63) is 78.9 Å². The van der Waals surface area contributed by atoms with E-state index < -0.39 is 0 Å². The fourth-order valence-electron chi connectivity index (χ4n) is 3.63. The molecule has 0 aliphatic carbocycles. The minimum Gasteiger partial charge on any atom is -0.508 e. The molecule has 0 spiro atoms. The molecule has 0 aromatic heterocycles. The second-order valence-corrected chi connectivity index (χ2v) is 6.02. The molecule has 1 N–H and O–H groups in total. The quantitative estimate of drug-likeness (QED) is 0.347. The van der Waals surface area contributed by atoms with Crippen molar-refractivity contribution in [2.45, 2.75) is 0 Å². The lowest BCUT2D eigenvalue weighted by Gasteiger charge is -2.11. The molecule has 0 aliphatic heterocycles. The number of fused-ring (bicyclic) bond motifs is 7. The standard InChI is InChI=1S/C22H14O/c23-18-12-11-15-6-8-17-10-9-16-7-5-14-3-1-2-4-19(14)21(16)22(17)20(15)13-18/h1-13,23H. The lowest BCUT2D eigenvalue weighted by Crippen LogP contribution is -1.83. The number of benzene rings is 5. The van der Waals surface area contributed by atoms with Crippen LogP contribution in [0.15, 0.2) is 78.9 Å². The molecule has 0 saturated heterocycles. The Bertz CT molecular complexity index is 1210. The van der Waals surface area contributed by atoms with Gasteiger partial charge in [-0.15, -0.1) is 0 Å². The van der Waals surface area contributed by atoms with Gasteiger partial charge in [0, 0.05) is 0 Å². The van der Waals surface area contributed by atoms with Crippen LogP contribution in [-0.2, 0) is 0 Å². The number of phenolic OH excluding ortho intramolecular Hbond substituents is 1. The van der Waals surface area contributed by atoms with Gasteiger partial charge in [-0.05, 0) is 55.2 Å². The Morgan fingerprint density at radius 2 is 1.00 bits per heavy atom. The first kappa shape index (κ1) is 12.5. The molecule has 0 fully saturated rings. The second-order valence-electron chi connectivity index (χ2n) is 6.02. The summed E-state index contributed by atoms with van der Waals surface area (Å²) in [6, 6.07) is 27.1. The van der Waals surface area contributed by atoms with Crippen molar-refractivity contribution in [3.8, 4) is 5.75 Å². The Morgan fingerprint density at radius 1 is 0.478 bits per heavy atom. The number of hydrogen-bond donors (Lipinski definition) is 1. The van der Waals surface area contributed by atoms with Crippen LogP contribution in [0.25, 0.3) is 43.1 Å². The Kier molecular flexibility index (Phi) is 2.42. The molecule has 0 saturated carbocycles. The maximum absolute atomic E-state index is 9.98. The molecule has 0 heterocycles. The molecule has 0 aliphatic rings. The Labute approximate surface area is 133 Å². The van der Waals surface area contributed by atoms with Gasteiger partial charge in [0.2, 0.25) is 0 Å². The highest BCUT2D eigenvalue weighted by molar-refractivity contribution is 6.27. The summed E-state index contributed by atoms with van der Waals surface area (Å²) in [7, 11) is 0. The maximum Gasteiger partial charge on any atom is 0.116 e. The molecule has 5 aromatic rings. The van der Waals surface area contributed by atoms with E-state index in [4.69, 9.17) is 0 Å². The van der Waals surface area contributed by atoms with Gasteiger partial charge in [0.05, 0.1) is 0 Å². The van der Waals surface area contributed by atoms with E-state index in [1.807, 2.05) is 12.1 Å². The van der Waals surface area contributed by atoms with Crippen molar-refractivity contribution in [1.29, 1.82) is 0 Å². The van der Waals surface area contributed by atoms with E-state index in [1.165, 1.54) is 32.3 Å². The van der Waals surface area contributed by atoms with Crippen LogP contribution in [0.2, 0.25) is 0 Å². The highest BCUT2D eigenvalue weighted by Crippen LogP contribution is 2.37. The van der Waals surface area contributed by atoms with Crippen molar-refractivity contribution in [2.75, 3.05) is 0 Å². The monoisotopic (exact) mass is 294 g/mol. The van der Waals surface area contributed by atoms with Gasteiger partial charge < -0.3 is 5.11 Å². The zero-order chi connectivity index (χ0) is 15.4. The van der Waals surface area contributed by atoms with Gasteiger partial charge in [-0.1, -0.05) is 66.7 Å². The molecule has 0 unspecified atom stereocenters. The summed E-state index contributed by atoms with van der Waals surface area (Å²) in [5.74, 6) is 0.308. The zero-order valence-corrected chi connectivity index (χ0v) is 12.5. The van der Waals surface area contributed by atoms with Crippen molar-refractivity contribution >= 4 is 43.1 Å². The molecular formula is C22H14O. The third-order valence-corrected chi connectivity index (χ3v) is 4.69. The van der Waals surface area contributed by atoms with Crippen LogP contribution in [0, 0.1) is 0 Å². The smallest absolute Gasteiger partial charge is 0.116 e. The van der Waals surface area contributed by atoms with Gasteiger partial charge in [-0.2, -0.15) is 0 Å². The first-order chi connectivity index (χ1) is 11.3. The van der Waals surface area contributed by atoms with E-state index in [9.17, 15) is 5.11 Å². The van der Waals surface area contributed by atoms with Gasteiger partial charge in [0.1, 0.15) is 5.75 Å². The fourth-order valence-corrected chi connectivity index (χ4v) is 3.63. The number of phenols is 1. The van der Waals surface area contributed by atoms with E-state index in [-0.39, 0.29) is 0 Å². The Morgan fingerprint density at radius 3 is 1.74 bits per heavy atom. The summed E-state index contributed by atoms with van der Waals surface area (Å²) in [6.07, 6.45) is 0. The first-order valence-corrected chi connectivity index (χ1v) is 7.77. The largest absolute Gasteiger partial charge is 0.508 e. The highest BCUT2D eigenvalue weighted by Gasteiger charge is 2.09. The van der Waals surface area contributed by atoms with E-state index in [2.05, 4.69) is 60.7 Å². The molecule has 0 bridgehead atoms. The highest BCUT2D eigenvalue weighted by atomic mass is 16.3. The lowest BCUT2D eigenvalue weighted by molar-refractivity contribution is 0.476. The lowest BCUT2D eigenvalue weighted by atomic mass is 9.93. The van der Waals surface area contributed by atoms with Crippen molar-refractivity contribution in [3.63, 3.8) is 0 Å². The van der Waals surface area contributed by atoms with Gasteiger partial charge in [0.25, 0.3) is 0 Å². The van der Waals surface area contributed by atoms with Crippen LogP contribution in [-0.4, -0.2) is 5.11 Å². The summed E-state index contributed by atoms with van der Waals surface area (Å²) in [5.41, 5.74) is 0. The molecule has 1 nitrogen and oxygen atoms in total. The van der Waals surface area contributed by atoms with Crippen LogP contribution in [0.3, 0.4) is 0 Å². The number of rotatable bonds is 0. The molecule has 108 valence electrons. The summed E-state index contributed by atoms with van der Waals surface area (Å²) >= 11 is 0. The maximum atomic E-state index is 9.98. The van der Waals surface area contributed by atoms with E-state index in [0.29, 0.717) is 5.75 Å². The normalized spacial score (nSPS) is 11.7. The van der Waals surface area contributed by atoms with Crippen molar-refractivity contribution in [1.82, 2.24) is 0 Å². The van der Waals surface area contributed by atoms with Gasteiger partial charge >= 0.3 is 0 Å². The molecule has 0 radical (unpaired) electrons. The second kappa shape index (κ2) is 4.47. The fraction of sp³-hybridized carbons (Fsp3) is 0. The van der Waals surface area contributed by atoms with E-state index in [0.717, 1.165) is 10.8 Å². The van der Waals surface area contributed by atoms with Crippen LogP contribution < -0.4 is 0 Å². The molecule has 0 amide bonds. The molecule has 0 atom stereocenters. The van der Waals surface area contributed by atoms with Crippen LogP contribution in [0.5, 0.6) is 5.75 Å². The van der Waals surface area contributed by atoms with Gasteiger partial charge in [0.15, 0.2) is 0 Å².